The molecule has 0 spiro atoms. The van der Waals surface area contributed by atoms with Crippen molar-refractivity contribution >= 4 is 16.5 Å². The van der Waals surface area contributed by atoms with Gasteiger partial charge < -0.3 is 9.80 Å². The molecule has 0 saturated carbocycles. The highest BCUT2D eigenvalue weighted by Crippen LogP contribution is 2.29. The van der Waals surface area contributed by atoms with E-state index < -0.39 is 0 Å². The summed E-state index contributed by atoms with van der Waals surface area (Å²) in [7, 11) is 2.19. The molecule has 0 bridgehead atoms. The van der Waals surface area contributed by atoms with E-state index in [0.29, 0.717) is 0 Å². The summed E-state index contributed by atoms with van der Waals surface area (Å²) in [6.07, 6.45) is 1.94. The van der Waals surface area contributed by atoms with Crippen LogP contribution < -0.4 is 4.90 Å². The van der Waals surface area contributed by atoms with E-state index in [1.165, 1.54) is 22.0 Å². The first kappa shape index (κ1) is 14.2. The second kappa shape index (κ2) is 6.01. The van der Waals surface area contributed by atoms with E-state index in [9.17, 15) is 0 Å². The highest BCUT2D eigenvalue weighted by atomic mass is 15.2. The number of pyridine rings is 1. The first-order chi connectivity index (χ1) is 11.3. The van der Waals surface area contributed by atoms with Crippen molar-refractivity contribution in [2.45, 2.75) is 0 Å². The van der Waals surface area contributed by atoms with Crippen LogP contribution in [0.1, 0.15) is 0 Å². The number of aromatic nitrogens is 1. The van der Waals surface area contributed by atoms with Crippen LogP contribution in [0.2, 0.25) is 0 Å². The molecule has 4 rings (SSSR count). The molecule has 23 heavy (non-hydrogen) atoms. The average molecular weight is 303 g/mol. The molecule has 0 N–H and O–H groups in total. The molecule has 3 heteroatoms. The molecule has 116 valence electrons. The molecular formula is C20H21N3. The van der Waals surface area contributed by atoms with Crippen molar-refractivity contribution in [1.82, 2.24) is 9.88 Å². The maximum atomic E-state index is 4.63. The molecule has 0 atom stereocenters. The molecule has 0 unspecified atom stereocenters. The number of fused-ring (bicyclic) bond motifs is 1. The van der Waals surface area contributed by atoms with Crippen molar-refractivity contribution in [2.75, 3.05) is 38.1 Å². The molecule has 1 aliphatic rings. The summed E-state index contributed by atoms with van der Waals surface area (Å²) in [5.74, 6) is 0. The fraction of sp³-hybridized carbons (Fsp3) is 0.250. The van der Waals surface area contributed by atoms with Crippen molar-refractivity contribution in [1.29, 1.82) is 0 Å². The fourth-order valence-corrected chi connectivity index (χ4v) is 3.28. The Kier molecular flexibility index (Phi) is 3.72. The van der Waals surface area contributed by atoms with Gasteiger partial charge in [0.25, 0.3) is 0 Å². The standard InChI is InChI=1S/C20H21N3/c1-22-11-13-23(14-12-22)17-9-10-21-20(15-17)19-8-4-6-16-5-2-3-7-18(16)19/h2-10,15H,11-14H2,1H3. The van der Waals surface area contributed by atoms with Crippen molar-refractivity contribution in [3.8, 4) is 11.3 Å². The average Bonchev–Trinajstić information content (AvgIpc) is 2.62. The molecule has 0 aliphatic carbocycles. The maximum Gasteiger partial charge on any atom is 0.0728 e. The molecule has 0 amide bonds. The number of piperazine rings is 1. The van der Waals surface area contributed by atoms with Crippen molar-refractivity contribution < 1.29 is 0 Å². The Morgan fingerprint density at radius 2 is 1.65 bits per heavy atom. The van der Waals surface area contributed by atoms with Crippen molar-refractivity contribution in [2.24, 2.45) is 0 Å². The van der Waals surface area contributed by atoms with E-state index in [0.717, 1.165) is 31.9 Å². The van der Waals surface area contributed by atoms with E-state index in [1.54, 1.807) is 0 Å². The van der Waals surface area contributed by atoms with Crippen LogP contribution in [0.3, 0.4) is 0 Å². The molecule has 1 aliphatic heterocycles. The summed E-state index contributed by atoms with van der Waals surface area (Å²) in [6, 6.07) is 19.3. The number of hydrogen-bond donors (Lipinski definition) is 0. The first-order valence-corrected chi connectivity index (χ1v) is 8.19. The Labute approximate surface area is 137 Å². The SMILES string of the molecule is CN1CCN(c2ccnc(-c3cccc4ccccc34)c2)CC1. The summed E-state index contributed by atoms with van der Waals surface area (Å²) >= 11 is 0. The highest BCUT2D eigenvalue weighted by Gasteiger charge is 2.15. The summed E-state index contributed by atoms with van der Waals surface area (Å²) in [6.45, 7) is 4.39. The Bertz CT molecular complexity index is 814. The van der Waals surface area contributed by atoms with Crippen LogP contribution >= 0.6 is 0 Å². The van der Waals surface area contributed by atoms with Crippen LogP contribution in [0.15, 0.2) is 60.8 Å². The summed E-state index contributed by atoms with van der Waals surface area (Å²) in [5.41, 5.74) is 3.54. The van der Waals surface area contributed by atoms with Gasteiger partial charge in [-0.25, -0.2) is 0 Å². The zero-order valence-corrected chi connectivity index (χ0v) is 13.4. The summed E-state index contributed by atoms with van der Waals surface area (Å²) in [4.78, 5) is 9.47. The third kappa shape index (κ3) is 2.80. The lowest BCUT2D eigenvalue weighted by Crippen LogP contribution is -2.44. The predicted molar refractivity (Wildman–Crippen MR) is 96.9 cm³/mol. The van der Waals surface area contributed by atoms with Crippen LogP contribution in [0.4, 0.5) is 5.69 Å². The lowest BCUT2D eigenvalue weighted by Gasteiger charge is -2.34. The number of anilines is 1. The topological polar surface area (TPSA) is 19.4 Å². The zero-order valence-electron chi connectivity index (χ0n) is 13.4. The Morgan fingerprint density at radius 1 is 0.870 bits per heavy atom. The van der Waals surface area contributed by atoms with Crippen LogP contribution in [0.25, 0.3) is 22.0 Å². The minimum absolute atomic E-state index is 1.05. The van der Waals surface area contributed by atoms with Crippen molar-refractivity contribution in [3.63, 3.8) is 0 Å². The van der Waals surface area contributed by atoms with Gasteiger partial charge in [-0.1, -0.05) is 42.5 Å². The van der Waals surface area contributed by atoms with Gasteiger partial charge in [0.15, 0.2) is 0 Å². The van der Waals surface area contributed by atoms with Gasteiger partial charge in [0.2, 0.25) is 0 Å². The van der Waals surface area contributed by atoms with E-state index >= 15 is 0 Å². The quantitative estimate of drug-likeness (QED) is 0.720. The van der Waals surface area contributed by atoms with E-state index in [2.05, 4.69) is 76.4 Å². The highest BCUT2D eigenvalue weighted by molar-refractivity contribution is 5.96. The number of nitrogens with zero attached hydrogens (tertiary/aromatic N) is 3. The number of hydrogen-bond acceptors (Lipinski definition) is 3. The molecule has 1 fully saturated rings. The van der Waals surface area contributed by atoms with E-state index in [-0.39, 0.29) is 0 Å². The number of likely N-dealkylation sites (N-methyl/N-ethyl adjacent to an activating group) is 1. The monoisotopic (exact) mass is 303 g/mol. The first-order valence-electron chi connectivity index (χ1n) is 8.19. The zero-order chi connectivity index (χ0) is 15.6. The second-order valence-electron chi connectivity index (χ2n) is 6.22. The molecule has 3 nitrogen and oxygen atoms in total. The third-order valence-electron chi connectivity index (χ3n) is 4.68. The van der Waals surface area contributed by atoms with Crippen LogP contribution in [-0.2, 0) is 0 Å². The van der Waals surface area contributed by atoms with Gasteiger partial charge in [-0.15, -0.1) is 0 Å². The smallest absolute Gasteiger partial charge is 0.0728 e. The lowest BCUT2D eigenvalue weighted by atomic mass is 10.0. The van der Waals surface area contributed by atoms with E-state index in [1.807, 2.05) is 6.20 Å². The molecule has 2 heterocycles. The minimum Gasteiger partial charge on any atom is -0.369 e. The largest absolute Gasteiger partial charge is 0.369 e. The minimum atomic E-state index is 1.05. The van der Waals surface area contributed by atoms with Crippen molar-refractivity contribution in [3.05, 3.63) is 60.8 Å². The van der Waals surface area contributed by atoms with Gasteiger partial charge in [0, 0.05) is 43.6 Å². The van der Waals surface area contributed by atoms with Gasteiger partial charge in [-0.3, -0.25) is 4.98 Å². The van der Waals surface area contributed by atoms with Crippen LogP contribution in [0, 0.1) is 0 Å². The van der Waals surface area contributed by atoms with Gasteiger partial charge in [0.1, 0.15) is 0 Å². The Hall–Kier alpha value is -2.39. The maximum absolute atomic E-state index is 4.63. The molecule has 1 aromatic heterocycles. The third-order valence-corrected chi connectivity index (χ3v) is 4.68. The summed E-state index contributed by atoms with van der Waals surface area (Å²) < 4.78 is 0. The molecule has 0 radical (unpaired) electrons. The van der Waals surface area contributed by atoms with E-state index in [4.69, 9.17) is 0 Å². The number of benzene rings is 2. The van der Waals surface area contributed by atoms with Crippen LogP contribution in [-0.4, -0.2) is 43.1 Å². The molecule has 2 aromatic carbocycles. The van der Waals surface area contributed by atoms with Crippen LogP contribution in [0.5, 0.6) is 0 Å². The second-order valence-corrected chi connectivity index (χ2v) is 6.22. The molecular weight excluding hydrogens is 282 g/mol. The van der Waals surface area contributed by atoms with Gasteiger partial charge >= 0.3 is 0 Å². The van der Waals surface area contributed by atoms with Gasteiger partial charge in [-0.05, 0) is 30.0 Å². The Balaban J connectivity index is 1.73. The van der Waals surface area contributed by atoms with Gasteiger partial charge in [0.05, 0.1) is 5.69 Å². The van der Waals surface area contributed by atoms with Gasteiger partial charge in [-0.2, -0.15) is 0 Å². The fourth-order valence-electron chi connectivity index (χ4n) is 3.28. The molecule has 1 saturated heterocycles. The Morgan fingerprint density at radius 3 is 2.52 bits per heavy atom. The predicted octanol–water partition coefficient (Wildman–Crippen LogP) is 3.65. The molecule has 3 aromatic rings. The normalized spacial score (nSPS) is 16.0. The lowest BCUT2D eigenvalue weighted by molar-refractivity contribution is 0.313. The summed E-state index contributed by atoms with van der Waals surface area (Å²) in [5, 5.41) is 2.52. The number of rotatable bonds is 2.